The monoisotopic (exact) mass is 293 g/mol. The lowest BCUT2D eigenvalue weighted by molar-refractivity contribution is -0.385. The maximum Gasteiger partial charge on any atom is 0.333 e. The number of carbonyl (C=O) groups excluding carboxylic acids is 1. The summed E-state index contributed by atoms with van der Waals surface area (Å²) in [5, 5.41) is 10.8. The summed E-state index contributed by atoms with van der Waals surface area (Å²) >= 11 is 0. The van der Waals surface area contributed by atoms with E-state index in [4.69, 9.17) is 9.47 Å². The summed E-state index contributed by atoms with van der Waals surface area (Å²) in [5.74, 6) is 0.493. The van der Waals surface area contributed by atoms with Crippen molar-refractivity contribution in [2.75, 3.05) is 20.8 Å². The standard InChI is InChI=1S/C14H15NO6/c1-19-12-5-11(15(17)18)6-13(7-12)21-8-9-3-10(4-9)14(16)20-2/h3,5-7,9H,4,8H2,1-2H3/t9-/m1/s1. The number of methoxy groups -OCH3 is 2. The number of non-ortho nitro benzene ring substituents is 1. The minimum Gasteiger partial charge on any atom is -0.496 e. The normalized spacial score (nSPS) is 16.5. The molecule has 1 aliphatic carbocycles. The molecule has 0 amide bonds. The summed E-state index contributed by atoms with van der Waals surface area (Å²) in [6.45, 7) is 0.338. The van der Waals surface area contributed by atoms with Gasteiger partial charge in [-0.1, -0.05) is 6.08 Å². The number of nitro groups is 1. The van der Waals surface area contributed by atoms with Crippen LogP contribution in [0, 0.1) is 16.0 Å². The highest BCUT2D eigenvalue weighted by molar-refractivity contribution is 5.90. The Hall–Kier alpha value is -2.57. The molecule has 0 unspecified atom stereocenters. The van der Waals surface area contributed by atoms with Gasteiger partial charge in [0.2, 0.25) is 0 Å². The van der Waals surface area contributed by atoms with Crippen molar-refractivity contribution >= 4 is 11.7 Å². The van der Waals surface area contributed by atoms with Gasteiger partial charge in [0.1, 0.15) is 11.5 Å². The number of benzene rings is 1. The van der Waals surface area contributed by atoms with Gasteiger partial charge in [-0.15, -0.1) is 0 Å². The van der Waals surface area contributed by atoms with Gasteiger partial charge in [0.05, 0.1) is 37.9 Å². The number of ether oxygens (including phenoxy) is 3. The van der Waals surface area contributed by atoms with Gasteiger partial charge in [0, 0.05) is 17.6 Å². The van der Waals surface area contributed by atoms with Crippen LogP contribution >= 0.6 is 0 Å². The lowest BCUT2D eigenvalue weighted by Gasteiger charge is -2.23. The molecule has 21 heavy (non-hydrogen) atoms. The molecule has 1 atom stereocenters. The van der Waals surface area contributed by atoms with Crippen LogP contribution in [0.1, 0.15) is 6.42 Å². The molecule has 0 spiro atoms. The zero-order valence-electron chi connectivity index (χ0n) is 11.7. The molecule has 0 saturated carbocycles. The number of hydrogen-bond acceptors (Lipinski definition) is 6. The van der Waals surface area contributed by atoms with Crippen molar-refractivity contribution in [2.45, 2.75) is 6.42 Å². The molecule has 1 aliphatic rings. The number of esters is 1. The summed E-state index contributed by atoms with van der Waals surface area (Å²) in [4.78, 5) is 21.5. The molecule has 7 nitrogen and oxygen atoms in total. The van der Waals surface area contributed by atoms with E-state index >= 15 is 0 Å². The van der Waals surface area contributed by atoms with Gasteiger partial charge in [-0.05, 0) is 6.42 Å². The highest BCUT2D eigenvalue weighted by Gasteiger charge is 2.25. The summed E-state index contributed by atoms with van der Waals surface area (Å²) < 4.78 is 15.1. The molecule has 2 rings (SSSR count). The molecule has 112 valence electrons. The van der Waals surface area contributed by atoms with Crippen LogP contribution in [0.15, 0.2) is 29.8 Å². The smallest absolute Gasteiger partial charge is 0.333 e. The zero-order chi connectivity index (χ0) is 15.4. The molecule has 0 radical (unpaired) electrons. The largest absolute Gasteiger partial charge is 0.496 e. The Balaban J connectivity index is 1.98. The molecule has 0 aromatic heterocycles. The molecule has 1 aromatic carbocycles. The Morgan fingerprint density at radius 1 is 1.33 bits per heavy atom. The predicted octanol–water partition coefficient (Wildman–Crippen LogP) is 2.10. The highest BCUT2D eigenvalue weighted by atomic mass is 16.6. The molecule has 0 heterocycles. The van der Waals surface area contributed by atoms with E-state index in [-0.39, 0.29) is 17.6 Å². The molecule has 7 heteroatoms. The zero-order valence-corrected chi connectivity index (χ0v) is 11.7. The molecule has 1 aromatic rings. The second-order valence-corrected chi connectivity index (χ2v) is 4.58. The van der Waals surface area contributed by atoms with E-state index < -0.39 is 4.92 Å². The summed E-state index contributed by atoms with van der Waals surface area (Å²) in [5.41, 5.74) is 0.534. The average Bonchev–Trinajstić information content (AvgIpc) is 2.44. The lowest BCUT2D eigenvalue weighted by atomic mass is 9.87. The second kappa shape index (κ2) is 6.25. The minimum absolute atomic E-state index is 0.0937. The molecule has 0 bridgehead atoms. The van der Waals surface area contributed by atoms with E-state index in [2.05, 4.69) is 4.74 Å². The number of hydrogen-bond donors (Lipinski definition) is 0. The first-order chi connectivity index (χ1) is 10.0. The van der Waals surface area contributed by atoms with Crippen molar-refractivity contribution in [3.05, 3.63) is 40.0 Å². The number of nitro benzene ring substituents is 1. The van der Waals surface area contributed by atoms with Crippen LogP contribution in [0.5, 0.6) is 11.5 Å². The third-order valence-corrected chi connectivity index (χ3v) is 3.14. The van der Waals surface area contributed by atoms with Gasteiger partial charge in [-0.3, -0.25) is 10.1 Å². The fraction of sp³-hybridized carbons (Fsp3) is 0.357. The molecule has 0 fully saturated rings. The van der Waals surface area contributed by atoms with Crippen LogP contribution in [0.4, 0.5) is 5.69 Å². The fourth-order valence-corrected chi connectivity index (χ4v) is 1.99. The van der Waals surface area contributed by atoms with E-state index in [1.54, 1.807) is 12.1 Å². The number of nitrogens with zero attached hydrogens (tertiary/aromatic N) is 1. The third kappa shape index (κ3) is 3.50. The Morgan fingerprint density at radius 3 is 2.57 bits per heavy atom. The quantitative estimate of drug-likeness (QED) is 0.453. The average molecular weight is 293 g/mol. The van der Waals surface area contributed by atoms with Crippen LogP contribution in [0.3, 0.4) is 0 Å². The lowest BCUT2D eigenvalue weighted by Crippen LogP contribution is -2.23. The second-order valence-electron chi connectivity index (χ2n) is 4.58. The van der Waals surface area contributed by atoms with E-state index in [9.17, 15) is 14.9 Å². The van der Waals surface area contributed by atoms with Crippen LogP contribution in [-0.4, -0.2) is 31.7 Å². The number of carbonyl (C=O) groups is 1. The maximum atomic E-state index is 11.2. The molecule has 0 aliphatic heterocycles. The maximum absolute atomic E-state index is 11.2. The van der Waals surface area contributed by atoms with Gasteiger partial charge in [-0.2, -0.15) is 0 Å². The van der Waals surface area contributed by atoms with E-state index in [0.717, 1.165) is 0 Å². The summed E-state index contributed by atoms with van der Waals surface area (Å²) in [6.07, 6.45) is 2.36. The fourth-order valence-electron chi connectivity index (χ4n) is 1.99. The Labute approximate surface area is 121 Å². The topological polar surface area (TPSA) is 87.9 Å². The first-order valence-corrected chi connectivity index (χ1v) is 6.28. The Kier molecular flexibility index (Phi) is 4.42. The Bertz CT molecular complexity index is 595. The van der Waals surface area contributed by atoms with Crippen molar-refractivity contribution < 1.29 is 23.9 Å². The van der Waals surface area contributed by atoms with Gasteiger partial charge in [-0.25, -0.2) is 4.79 Å². The van der Waals surface area contributed by atoms with Crippen LogP contribution < -0.4 is 9.47 Å². The van der Waals surface area contributed by atoms with Gasteiger partial charge in [0.15, 0.2) is 0 Å². The van der Waals surface area contributed by atoms with Crippen LogP contribution in [0.2, 0.25) is 0 Å². The first kappa shape index (κ1) is 14.8. The summed E-state index contributed by atoms with van der Waals surface area (Å²) in [6, 6.07) is 4.24. The van der Waals surface area contributed by atoms with Crippen LogP contribution in [-0.2, 0) is 9.53 Å². The minimum atomic E-state index is -0.506. The molecule has 0 saturated heterocycles. The van der Waals surface area contributed by atoms with Crippen molar-refractivity contribution in [1.29, 1.82) is 0 Å². The van der Waals surface area contributed by atoms with Crippen molar-refractivity contribution in [2.24, 2.45) is 5.92 Å². The van der Waals surface area contributed by atoms with Gasteiger partial charge in [0.25, 0.3) is 5.69 Å². The van der Waals surface area contributed by atoms with Crippen molar-refractivity contribution in [3.8, 4) is 11.5 Å². The van der Waals surface area contributed by atoms with E-state index in [1.807, 2.05) is 0 Å². The van der Waals surface area contributed by atoms with E-state index in [1.165, 1.54) is 26.4 Å². The third-order valence-electron chi connectivity index (χ3n) is 3.14. The van der Waals surface area contributed by atoms with Crippen molar-refractivity contribution in [1.82, 2.24) is 0 Å². The summed E-state index contributed by atoms with van der Waals surface area (Å²) in [7, 11) is 2.77. The van der Waals surface area contributed by atoms with Crippen LogP contribution in [0.25, 0.3) is 0 Å². The Morgan fingerprint density at radius 2 is 2.00 bits per heavy atom. The van der Waals surface area contributed by atoms with Gasteiger partial charge >= 0.3 is 5.97 Å². The van der Waals surface area contributed by atoms with Gasteiger partial charge < -0.3 is 14.2 Å². The predicted molar refractivity (Wildman–Crippen MR) is 73.3 cm³/mol. The highest BCUT2D eigenvalue weighted by Crippen LogP contribution is 2.30. The molecular formula is C14H15NO6. The molecule has 0 N–H and O–H groups in total. The van der Waals surface area contributed by atoms with Crippen molar-refractivity contribution in [3.63, 3.8) is 0 Å². The SMILES string of the molecule is COC(=O)C1=C[C@@H](COc2cc(OC)cc([N+](=O)[O-])c2)C1. The number of rotatable bonds is 6. The molecular weight excluding hydrogens is 278 g/mol. The van der Waals surface area contributed by atoms with E-state index in [0.29, 0.717) is 30.1 Å². The first-order valence-electron chi connectivity index (χ1n) is 6.28.